The van der Waals surface area contributed by atoms with Crippen molar-refractivity contribution in [3.63, 3.8) is 0 Å². The Labute approximate surface area is 161 Å². The van der Waals surface area contributed by atoms with Crippen molar-refractivity contribution in [3.05, 3.63) is 24.3 Å². The first-order valence-corrected chi connectivity index (χ1v) is 10.0. The minimum absolute atomic E-state index is 0. The molecule has 2 saturated heterocycles. The number of amides is 1. The highest BCUT2D eigenvalue weighted by Crippen LogP contribution is 2.23. The molecule has 1 N–H and O–H groups in total. The Morgan fingerprint density at radius 3 is 2.19 bits per heavy atom. The standard InChI is InChI=1S/C17H25N3O4S.ClH/c1-13(14-11-18-12-14)17(21)19-7-9-20(10-8-19)25(22,23)16-5-3-15(24-2)4-6-16;/h3-6,13-14,18H,7-12H2,1-2H3;1H. The van der Waals surface area contributed by atoms with E-state index in [0.29, 0.717) is 37.8 Å². The average molecular weight is 404 g/mol. The molecule has 2 heterocycles. The number of methoxy groups -OCH3 is 1. The molecule has 0 saturated carbocycles. The van der Waals surface area contributed by atoms with E-state index in [1.807, 2.05) is 6.92 Å². The lowest BCUT2D eigenvalue weighted by Crippen LogP contribution is -2.55. The molecule has 1 aromatic rings. The highest BCUT2D eigenvalue weighted by molar-refractivity contribution is 7.89. The predicted molar refractivity (Wildman–Crippen MR) is 101 cm³/mol. The van der Waals surface area contributed by atoms with Gasteiger partial charge in [0.1, 0.15) is 5.75 Å². The summed E-state index contributed by atoms with van der Waals surface area (Å²) in [7, 11) is -1.99. The number of hydrogen-bond donors (Lipinski definition) is 1. The largest absolute Gasteiger partial charge is 0.497 e. The number of hydrogen-bond acceptors (Lipinski definition) is 5. The minimum Gasteiger partial charge on any atom is -0.497 e. The number of nitrogens with one attached hydrogen (secondary N) is 1. The highest BCUT2D eigenvalue weighted by atomic mass is 35.5. The van der Waals surface area contributed by atoms with E-state index in [4.69, 9.17) is 4.74 Å². The molecular formula is C17H26ClN3O4S. The van der Waals surface area contributed by atoms with E-state index >= 15 is 0 Å². The van der Waals surface area contributed by atoms with E-state index in [1.165, 1.54) is 4.31 Å². The van der Waals surface area contributed by atoms with Crippen LogP contribution in [0.2, 0.25) is 0 Å². The number of piperazine rings is 1. The van der Waals surface area contributed by atoms with E-state index in [2.05, 4.69) is 5.32 Å². The molecule has 7 nitrogen and oxygen atoms in total. The average Bonchev–Trinajstić information content (AvgIpc) is 2.59. The summed E-state index contributed by atoms with van der Waals surface area (Å²) >= 11 is 0. The maximum absolute atomic E-state index is 12.7. The fourth-order valence-corrected chi connectivity index (χ4v) is 4.62. The van der Waals surface area contributed by atoms with Crippen molar-refractivity contribution in [2.24, 2.45) is 11.8 Å². The molecule has 0 aromatic heterocycles. The molecule has 1 aromatic carbocycles. The summed E-state index contributed by atoms with van der Waals surface area (Å²) in [4.78, 5) is 14.6. The molecule has 2 aliphatic rings. The van der Waals surface area contributed by atoms with Crippen molar-refractivity contribution < 1.29 is 17.9 Å². The van der Waals surface area contributed by atoms with Gasteiger partial charge in [0.2, 0.25) is 15.9 Å². The van der Waals surface area contributed by atoms with Gasteiger partial charge in [-0.1, -0.05) is 6.92 Å². The van der Waals surface area contributed by atoms with Crippen LogP contribution in [0.25, 0.3) is 0 Å². The molecule has 1 amide bonds. The molecular weight excluding hydrogens is 378 g/mol. The van der Waals surface area contributed by atoms with Crippen LogP contribution >= 0.6 is 12.4 Å². The maximum Gasteiger partial charge on any atom is 0.243 e. The lowest BCUT2D eigenvalue weighted by atomic mass is 9.88. The van der Waals surface area contributed by atoms with Crippen molar-refractivity contribution in [2.45, 2.75) is 11.8 Å². The van der Waals surface area contributed by atoms with Gasteiger partial charge in [0, 0.05) is 32.1 Å². The number of nitrogens with zero attached hydrogens (tertiary/aromatic N) is 2. The Morgan fingerprint density at radius 2 is 1.73 bits per heavy atom. The smallest absolute Gasteiger partial charge is 0.243 e. The van der Waals surface area contributed by atoms with Gasteiger partial charge in [-0.05, 0) is 43.3 Å². The van der Waals surface area contributed by atoms with Crippen molar-refractivity contribution >= 4 is 28.3 Å². The summed E-state index contributed by atoms with van der Waals surface area (Å²) in [5, 5.41) is 3.19. The molecule has 0 radical (unpaired) electrons. The molecule has 2 fully saturated rings. The summed E-state index contributed by atoms with van der Waals surface area (Å²) in [5.41, 5.74) is 0. The SMILES string of the molecule is COc1ccc(S(=O)(=O)N2CCN(C(=O)C(C)C3CNC3)CC2)cc1.Cl. The molecule has 3 rings (SSSR count). The monoisotopic (exact) mass is 403 g/mol. The van der Waals surface area contributed by atoms with E-state index in [9.17, 15) is 13.2 Å². The number of carbonyl (C=O) groups excluding carboxylic acids is 1. The molecule has 2 aliphatic heterocycles. The molecule has 1 unspecified atom stereocenters. The van der Waals surface area contributed by atoms with Gasteiger partial charge in [-0.25, -0.2) is 8.42 Å². The summed E-state index contributed by atoms with van der Waals surface area (Å²) in [6.07, 6.45) is 0. The van der Waals surface area contributed by atoms with Gasteiger partial charge in [-0.15, -0.1) is 12.4 Å². The Balaban J connectivity index is 0.00000243. The van der Waals surface area contributed by atoms with Crippen LogP contribution in [0.1, 0.15) is 6.92 Å². The van der Waals surface area contributed by atoms with Crippen LogP contribution in [0, 0.1) is 11.8 Å². The van der Waals surface area contributed by atoms with E-state index in [-0.39, 0.29) is 29.1 Å². The minimum atomic E-state index is -3.54. The van der Waals surface area contributed by atoms with Gasteiger partial charge < -0.3 is 15.0 Å². The molecule has 146 valence electrons. The predicted octanol–water partition coefficient (Wildman–Crippen LogP) is 0.805. The molecule has 1 atom stereocenters. The van der Waals surface area contributed by atoms with Crippen LogP contribution in [-0.4, -0.2) is 69.9 Å². The van der Waals surface area contributed by atoms with Crippen LogP contribution in [-0.2, 0) is 14.8 Å². The van der Waals surface area contributed by atoms with Crippen LogP contribution in [0.3, 0.4) is 0 Å². The summed E-state index contributed by atoms with van der Waals surface area (Å²) in [6.45, 7) is 5.29. The number of rotatable bonds is 5. The van der Waals surface area contributed by atoms with Gasteiger partial charge in [-0.2, -0.15) is 4.31 Å². The summed E-state index contributed by atoms with van der Waals surface area (Å²) in [5.74, 6) is 1.14. The highest BCUT2D eigenvalue weighted by Gasteiger charge is 2.35. The number of ether oxygens (including phenoxy) is 1. The summed E-state index contributed by atoms with van der Waals surface area (Å²) in [6, 6.07) is 6.39. The number of benzene rings is 1. The lowest BCUT2D eigenvalue weighted by Gasteiger charge is -2.38. The zero-order valence-electron chi connectivity index (χ0n) is 15.1. The van der Waals surface area contributed by atoms with Gasteiger partial charge in [0.25, 0.3) is 0 Å². The van der Waals surface area contributed by atoms with E-state index in [0.717, 1.165) is 13.1 Å². The van der Waals surface area contributed by atoms with Gasteiger partial charge in [-0.3, -0.25) is 4.79 Å². The quantitative estimate of drug-likeness (QED) is 0.786. The fourth-order valence-electron chi connectivity index (χ4n) is 3.20. The molecule has 0 aliphatic carbocycles. The topological polar surface area (TPSA) is 79.0 Å². The van der Waals surface area contributed by atoms with E-state index < -0.39 is 10.0 Å². The van der Waals surface area contributed by atoms with Crippen molar-refractivity contribution in [1.82, 2.24) is 14.5 Å². The first-order chi connectivity index (χ1) is 11.9. The molecule has 9 heteroatoms. The molecule has 26 heavy (non-hydrogen) atoms. The second-order valence-electron chi connectivity index (χ2n) is 6.61. The Kier molecular flexibility index (Phi) is 6.90. The third kappa shape index (κ3) is 4.14. The maximum atomic E-state index is 12.7. The van der Waals surface area contributed by atoms with Crippen LogP contribution in [0.4, 0.5) is 0 Å². The first kappa shape index (κ1) is 21.0. The van der Waals surface area contributed by atoms with Gasteiger partial charge in [0.05, 0.1) is 12.0 Å². The Bertz CT molecular complexity index is 714. The zero-order valence-corrected chi connectivity index (χ0v) is 16.7. The second kappa shape index (κ2) is 8.56. The number of halogens is 1. The number of carbonyl (C=O) groups is 1. The van der Waals surface area contributed by atoms with Crippen molar-refractivity contribution in [1.29, 1.82) is 0 Å². The second-order valence-corrected chi connectivity index (χ2v) is 8.55. The third-order valence-electron chi connectivity index (χ3n) is 5.16. The fraction of sp³-hybridized carbons (Fsp3) is 0.588. The summed E-state index contributed by atoms with van der Waals surface area (Å²) < 4.78 is 32.0. The first-order valence-electron chi connectivity index (χ1n) is 8.57. The van der Waals surface area contributed by atoms with Crippen LogP contribution in [0.5, 0.6) is 5.75 Å². The normalized spacial score (nSPS) is 20.0. The zero-order chi connectivity index (χ0) is 18.0. The lowest BCUT2D eigenvalue weighted by molar-refractivity contribution is -0.138. The van der Waals surface area contributed by atoms with Crippen molar-refractivity contribution in [2.75, 3.05) is 46.4 Å². The molecule has 0 spiro atoms. The van der Waals surface area contributed by atoms with Crippen LogP contribution < -0.4 is 10.1 Å². The Hall–Kier alpha value is -1.35. The molecule has 0 bridgehead atoms. The van der Waals surface area contributed by atoms with E-state index in [1.54, 1.807) is 36.3 Å². The third-order valence-corrected chi connectivity index (χ3v) is 7.07. The number of sulfonamides is 1. The van der Waals surface area contributed by atoms with Gasteiger partial charge >= 0.3 is 0 Å². The van der Waals surface area contributed by atoms with Crippen molar-refractivity contribution in [3.8, 4) is 5.75 Å². The van der Waals surface area contributed by atoms with Crippen LogP contribution in [0.15, 0.2) is 29.2 Å². The van der Waals surface area contributed by atoms with Gasteiger partial charge in [0.15, 0.2) is 0 Å². The Morgan fingerprint density at radius 1 is 1.15 bits per heavy atom.